The Morgan fingerprint density at radius 1 is 1.12 bits per heavy atom. The average molecular weight is 347 g/mol. The average Bonchev–Trinajstić information content (AvgIpc) is 2.66. The number of nitrogens with zero attached hydrogens (tertiary/aromatic N) is 4. The molecule has 0 aliphatic carbocycles. The highest BCUT2D eigenvalue weighted by atomic mass is 16.4. The molecule has 0 saturated heterocycles. The van der Waals surface area contributed by atoms with Gasteiger partial charge in [0.1, 0.15) is 0 Å². The molecule has 1 amide bonds. The second kappa shape index (κ2) is 7.33. The number of rotatable bonds is 5. The molecule has 26 heavy (non-hydrogen) atoms. The van der Waals surface area contributed by atoms with E-state index in [1.165, 1.54) is 12.3 Å². The van der Waals surface area contributed by atoms with Gasteiger partial charge < -0.3 is 10.4 Å². The number of amides is 1. The smallest absolute Gasteiger partial charge is 0.356 e. The van der Waals surface area contributed by atoms with Crippen LogP contribution >= 0.6 is 0 Å². The van der Waals surface area contributed by atoms with Crippen molar-refractivity contribution in [2.45, 2.75) is 6.54 Å². The molecule has 0 unspecified atom stereocenters. The van der Waals surface area contributed by atoms with Gasteiger partial charge in [0.25, 0.3) is 5.91 Å². The summed E-state index contributed by atoms with van der Waals surface area (Å²) in [4.78, 5) is 30.5. The summed E-state index contributed by atoms with van der Waals surface area (Å²) >= 11 is 0. The predicted octanol–water partition coefficient (Wildman–Crippen LogP) is 4.00. The fraction of sp³-hybridized carbons (Fsp3) is 0.0556. The monoisotopic (exact) mass is 347 g/mol. The van der Waals surface area contributed by atoms with Crippen molar-refractivity contribution in [1.82, 2.24) is 4.98 Å². The van der Waals surface area contributed by atoms with Gasteiger partial charge in [0.15, 0.2) is 5.69 Å². The maximum absolute atomic E-state index is 12.7. The zero-order valence-corrected chi connectivity index (χ0v) is 13.5. The van der Waals surface area contributed by atoms with Gasteiger partial charge in [-0.25, -0.2) is 9.78 Å². The maximum atomic E-state index is 12.7. The Kier molecular flexibility index (Phi) is 4.78. The summed E-state index contributed by atoms with van der Waals surface area (Å²) in [6.07, 6.45) is 1.35. The SMILES string of the molecule is [N-]=[N+]=NCc1ccc(C(=O)Nc2cccnc2C(=O)O)c2ccccc12. The van der Waals surface area contributed by atoms with Crippen LogP contribution in [-0.4, -0.2) is 22.0 Å². The number of fused-ring (bicyclic) bond motifs is 1. The van der Waals surface area contributed by atoms with Gasteiger partial charge in [-0.2, -0.15) is 0 Å². The van der Waals surface area contributed by atoms with Gasteiger partial charge in [-0.1, -0.05) is 35.4 Å². The highest BCUT2D eigenvalue weighted by Gasteiger charge is 2.16. The minimum absolute atomic E-state index is 0.118. The van der Waals surface area contributed by atoms with Gasteiger partial charge in [-0.05, 0) is 40.1 Å². The first kappa shape index (κ1) is 16.9. The van der Waals surface area contributed by atoms with Gasteiger partial charge >= 0.3 is 5.97 Å². The van der Waals surface area contributed by atoms with Crippen molar-refractivity contribution in [3.05, 3.63) is 82.0 Å². The molecule has 8 heteroatoms. The van der Waals surface area contributed by atoms with Crippen molar-refractivity contribution in [2.24, 2.45) is 5.11 Å². The molecule has 3 rings (SSSR count). The van der Waals surface area contributed by atoms with Crippen LogP contribution in [0.3, 0.4) is 0 Å². The molecule has 0 atom stereocenters. The third-order valence-electron chi connectivity index (χ3n) is 3.82. The Bertz CT molecular complexity index is 1060. The van der Waals surface area contributed by atoms with Crippen LogP contribution in [0.25, 0.3) is 21.2 Å². The quantitative estimate of drug-likeness (QED) is 0.410. The molecular formula is C18H13N5O3. The predicted molar refractivity (Wildman–Crippen MR) is 95.9 cm³/mol. The van der Waals surface area contributed by atoms with Gasteiger partial charge in [0, 0.05) is 16.7 Å². The van der Waals surface area contributed by atoms with Crippen LogP contribution < -0.4 is 5.32 Å². The first-order chi connectivity index (χ1) is 12.6. The normalized spacial score (nSPS) is 10.2. The van der Waals surface area contributed by atoms with Crippen LogP contribution in [0.2, 0.25) is 0 Å². The summed E-state index contributed by atoms with van der Waals surface area (Å²) in [7, 11) is 0. The Balaban J connectivity index is 2.02. The first-order valence-corrected chi connectivity index (χ1v) is 7.63. The number of nitrogens with one attached hydrogen (secondary N) is 1. The molecule has 0 radical (unpaired) electrons. The zero-order valence-electron chi connectivity index (χ0n) is 13.5. The number of carbonyl (C=O) groups excluding carboxylic acids is 1. The number of benzene rings is 2. The van der Waals surface area contributed by atoms with Crippen LogP contribution in [0.1, 0.15) is 26.4 Å². The van der Waals surface area contributed by atoms with E-state index < -0.39 is 11.9 Å². The standard InChI is InChI=1S/C18H13N5O3/c19-23-21-10-11-7-8-14(13-5-2-1-4-12(11)13)17(24)22-15-6-3-9-20-16(15)18(25)26/h1-9H,10H2,(H,22,24)(H,25,26). The number of pyridine rings is 1. The lowest BCUT2D eigenvalue weighted by Gasteiger charge is -2.11. The summed E-state index contributed by atoms with van der Waals surface area (Å²) in [5, 5.41) is 16.8. The molecule has 0 spiro atoms. The molecule has 0 aliphatic rings. The fourth-order valence-electron chi connectivity index (χ4n) is 2.67. The lowest BCUT2D eigenvalue weighted by Crippen LogP contribution is -2.16. The molecule has 2 aromatic carbocycles. The van der Waals surface area contributed by atoms with E-state index in [-0.39, 0.29) is 17.9 Å². The number of anilines is 1. The second-order valence-corrected chi connectivity index (χ2v) is 5.37. The molecule has 8 nitrogen and oxygen atoms in total. The Hall–Kier alpha value is -3.90. The largest absolute Gasteiger partial charge is 0.476 e. The third kappa shape index (κ3) is 3.31. The lowest BCUT2D eigenvalue weighted by molar-refractivity contribution is 0.0691. The Morgan fingerprint density at radius 2 is 1.88 bits per heavy atom. The molecule has 128 valence electrons. The first-order valence-electron chi connectivity index (χ1n) is 7.63. The minimum atomic E-state index is -1.23. The fourth-order valence-corrected chi connectivity index (χ4v) is 2.67. The van der Waals surface area contributed by atoms with Gasteiger partial charge in [0.05, 0.1) is 12.2 Å². The van der Waals surface area contributed by atoms with Crippen LogP contribution in [0, 0.1) is 0 Å². The number of azide groups is 1. The van der Waals surface area contributed by atoms with E-state index in [9.17, 15) is 14.7 Å². The molecule has 0 saturated carbocycles. The van der Waals surface area contributed by atoms with Crippen LogP contribution in [-0.2, 0) is 6.54 Å². The van der Waals surface area contributed by atoms with Crippen molar-refractivity contribution >= 4 is 28.3 Å². The van der Waals surface area contributed by atoms with Crippen LogP contribution in [0.15, 0.2) is 59.8 Å². The Morgan fingerprint density at radius 3 is 2.62 bits per heavy atom. The molecule has 3 aromatic rings. The second-order valence-electron chi connectivity index (χ2n) is 5.37. The van der Waals surface area contributed by atoms with Crippen LogP contribution in [0.5, 0.6) is 0 Å². The van der Waals surface area contributed by atoms with E-state index in [0.717, 1.165) is 10.9 Å². The lowest BCUT2D eigenvalue weighted by atomic mass is 9.99. The molecule has 1 aromatic heterocycles. The molecule has 0 fully saturated rings. The van der Waals surface area contributed by atoms with E-state index in [4.69, 9.17) is 5.53 Å². The summed E-state index contributed by atoms with van der Waals surface area (Å²) in [6, 6.07) is 13.6. The number of hydrogen-bond acceptors (Lipinski definition) is 4. The maximum Gasteiger partial charge on any atom is 0.356 e. The summed E-state index contributed by atoms with van der Waals surface area (Å²) in [6.45, 7) is 0.171. The van der Waals surface area contributed by atoms with Gasteiger partial charge in [-0.3, -0.25) is 4.79 Å². The van der Waals surface area contributed by atoms with Crippen molar-refractivity contribution in [3.8, 4) is 0 Å². The van der Waals surface area contributed by atoms with Gasteiger partial charge in [0.2, 0.25) is 0 Å². The van der Waals surface area contributed by atoms with Crippen molar-refractivity contribution in [2.75, 3.05) is 5.32 Å². The highest BCUT2D eigenvalue weighted by molar-refractivity contribution is 6.14. The van der Waals surface area contributed by atoms with E-state index >= 15 is 0 Å². The molecule has 2 N–H and O–H groups in total. The van der Waals surface area contributed by atoms with Crippen LogP contribution in [0.4, 0.5) is 5.69 Å². The number of carbonyl (C=O) groups is 2. The number of aromatic carboxylic acids is 1. The number of hydrogen-bond donors (Lipinski definition) is 2. The number of carboxylic acids is 1. The minimum Gasteiger partial charge on any atom is -0.476 e. The van der Waals surface area contributed by atoms with Crippen molar-refractivity contribution in [1.29, 1.82) is 0 Å². The zero-order chi connectivity index (χ0) is 18.5. The van der Waals surface area contributed by atoms with E-state index in [2.05, 4.69) is 20.3 Å². The van der Waals surface area contributed by atoms with E-state index in [1.54, 1.807) is 30.3 Å². The van der Waals surface area contributed by atoms with Gasteiger partial charge in [-0.15, -0.1) is 0 Å². The molecular weight excluding hydrogens is 334 g/mol. The number of aromatic nitrogens is 1. The number of carboxylic acid groups (broad SMARTS) is 1. The molecule has 0 aliphatic heterocycles. The topological polar surface area (TPSA) is 128 Å². The Labute approximate surface area is 147 Å². The molecule has 1 heterocycles. The summed E-state index contributed by atoms with van der Waals surface area (Å²) in [5.74, 6) is -1.68. The van der Waals surface area contributed by atoms with E-state index in [1.807, 2.05) is 12.1 Å². The highest BCUT2D eigenvalue weighted by Crippen LogP contribution is 2.25. The van der Waals surface area contributed by atoms with Crippen molar-refractivity contribution < 1.29 is 14.7 Å². The summed E-state index contributed by atoms with van der Waals surface area (Å²) < 4.78 is 0. The van der Waals surface area contributed by atoms with E-state index in [0.29, 0.717) is 10.9 Å². The summed E-state index contributed by atoms with van der Waals surface area (Å²) in [5.41, 5.74) is 9.58. The third-order valence-corrected chi connectivity index (χ3v) is 3.82. The van der Waals surface area contributed by atoms with Crippen molar-refractivity contribution in [3.63, 3.8) is 0 Å². The molecule has 0 bridgehead atoms.